The Bertz CT molecular complexity index is 742. The van der Waals surface area contributed by atoms with Gasteiger partial charge in [-0.2, -0.15) is 0 Å². The van der Waals surface area contributed by atoms with Crippen molar-refractivity contribution in [2.45, 2.75) is 12.8 Å². The van der Waals surface area contributed by atoms with Gasteiger partial charge in [0, 0.05) is 36.4 Å². The van der Waals surface area contributed by atoms with Crippen LogP contribution in [0.5, 0.6) is 5.75 Å². The molecular formula is C19H21N3O3. The summed E-state index contributed by atoms with van der Waals surface area (Å²) in [5.41, 5.74) is 7.45. The number of carbonyl (C=O) groups is 2. The van der Waals surface area contributed by atoms with Crippen LogP contribution in [0.15, 0.2) is 48.5 Å². The van der Waals surface area contributed by atoms with Crippen LogP contribution in [0.1, 0.15) is 23.2 Å². The van der Waals surface area contributed by atoms with E-state index in [9.17, 15) is 9.59 Å². The van der Waals surface area contributed by atoms with E-state index < -0.39 is 0 Å². The lowest BCUT2D eigenvalue weighted by Crippen LogP contribution is -2.23. The van der Waals surface area contributed by atoms with Crippen LogP contribution in [0.4, 0.5) is 11.4 Å². The fourth-order valence-electron chi connectivity index (χ4n) is 2.73. The number of ether oxygens (including phenoxy) is 1. The summed E-state index contributed by atoms with van der Waals surface area (Å²) in [5.74, 6) is 0.646. The molecule has 2 aromatic rings. The van der Waals surface area contributed by atoms with Gasteiger partial charge in [-0.3, -0.25) is 9.59 Å². The Morgan fingerprint density at radius 2 is 1.84 bits per heavy atom. The van der Waals surface area contributed by atoms with Gasteiger partial charge in [0.05, 0.1) is 0 Å². The number of benzene rings is 2. The number of hydrogen-bond donors (Lipinski definition) is 2. The number of nitrogens with one attached hydrogen (secondary N) is 1. The molecule has 1 fully saturated rings. The minimum atomic E-state index is -0.199. The second kappa shape index (κ2) is 7.81. The second-order valence-electron chi connectivity index (χ2n) is 5.81. The van der Waals surface area contributed by atoms with Crippen molar-refractivity contribution in [1.29, 1.82) is 0 Å². The molecule has 1 heterocycles. The third-order valence-corrected chi connectivity index (χ3v) is 4.01. The Labute approximate surface area is 146 Å². The van der Waals surface area contributed by atoms with Crippen LogP contribution in [-0.2, 0) is 4.79 Å². The third-order valence-electron chi connectivity index (χ3n) is 4.01. The van der Waals surface area contributed by atoms with E-state index >= 15 is 0 Å². The van der Waals surface area contributed by atoms with E-state index in [0.717, 1.165) is 18.7 Å². The molecule has 130 valence electrons. The molecule has 3 N–H and O–H groups in total. The quantitative estimate of drug-likeness (QED) is 0.846. The zero-order chi connectivity index (χ0) is 17.6. The Kier molecular flexibility index (Phi) is 5.30. The number of nitrogens with zero attached hydrogens (tertiary/aromatic N) is 1. The summed E-state index contributed by atoms with van der Waals surface area (Å²) in [7, 11) is 0. The Hall–Kier alpha value is -2.86. The van der Waals surface area contributed by atoms with E-state index in [4.69, 9.17) is 10.5 Å². The molecule has 0 spiro atoms. The van der Waals surface area contributed by atoms with Gasteiger partial charge >= 0.3 is 0 Å². The maximum atomic E-state index is 12.3. The minimum Gasteiger partial charge on any atom is -0.492 e. The van der Waals surface area contributed by atoms with E-state index in [-0.39, 0.29) is 11.8 Å². The van der Waals surface area contributed by atoms with Crippen molar-refractivity contribution in [1.82, 2.24) is 0 Å². The maximum absolute atomic E-state index is 12.3. The lowest BCUT2D eigenvalue weighted by molar-refractivity contribution is -0.117. The molecule has 0 aliphatic carbocycles. The summed E-state index contributed by atoms with van der Waals surface area (Å²) in [6.45, 7) is 1.65. The molecule has 0 atom stereocenters. The van der Waals surface area contributed by atoms with Crippen molar-refractivity contribution in [2.75, 3.05) is 29.9 Å². The number of nitrogens with two attached hydrogens (primary N) is 1. The highest BCUT2D eigenvalue weighted by molar-refractivity contribution is 6.04. The molecule has 1 saturated heterocycles. The molecule has 25 heavy (non-hydrogen) atoms. The van der Waals surface area contributed by atoms with Crippen LogP contribution >= 0.6 is 0 Å². The first-order valence-electron chi connectivity index (χ1n) is 8.32. The largest absolute Gasteiger partial charge is 0.492 e. The number of amides is 2. The Morgan fingerprint density at radius 1 is 1.12 bits per heavy atom. The highest BCUT2D eigenvalue weighted by Crippen LogP contribution is 2.22. The van der Waals surface area contributed by atoms with Crippen LogP contribution < -0.4 is 20.7 Å². The summed E-state index contributed by atoms with van der Waals surface area (Å²) in [4.78, 5) is 25.8. The molecule has 0 unspecified atom stereocenters. The SMILES string of the molecule is NCCOc1ccc(NC(=O)c2ccc(N3CCCC3=O)cc2)cc1. The fourth-order valence-corrected chi connectivity index (χ4v) is 2.73. The minimum absolute atomic E-state index is 0.133. The van der Waals surface area contributed by atoms with Crippen molar-refractivity contribution in [3.63, 3.8) is 0 Å². The second-order valence-corrected chi connectivity index (χ2v) is 5.81. The lowest BCUT2D eigenvalue weighted by atomic mass is 10.1. The molecule has 6 heteroatoms. The molecule has 0 saturated carbocycles. The van der Waals surface area contributed by atoms with Gasteiger partial charge in [-0.15, -0.1) is 0 Å². The van der Waals surface area contributed by atoms with Gasteiger partial charge in [-0.1, -0.05) is 0 Å². The zero-order valence-corrected chi connectivity index (χ0v) is 13.9. The van der Waals surface area contributed by atoms with E-state index in [2.05, 4.69) is 5.32 Å². The highest BCUT2D eigenvalue weighted by Gasteiger charge is 2.21. The summed E-state index contributed by atoms with van der Waals surface area (Å²) in [6, 6.07) is 14.2. The molecule has 6 nitrogen and oxygen atoms in total. The lowest BCUT2D eigenvalue weighted by Gasteiger charge is -2.15. The van der Waals surface area contributed by atoms with Gasteiger partial charge in [-0.05, 0) is 55.0 Å². The molecule has 2 aromatic carbocycles. The molecule has 0 bridgehead atoms. The van der Waals surface area contributed by atoms with Gasteiger partial charge in [0.15, 0.2) is 0 Å². The monoisotopic (exact) mass is 339 g/mol. The van der Waals surface area contributed by atoms with Gasteiger partial charge in [0.1, 0.15) is 12.4 Å². The van der Waals surface area contributed by atoms with Gasteiger partial charge < -0.3 is 20.7 Å². The topological polar surface area (TPSA) is 84.7 Å². The smallest absolute Gasteiger partial charge is 0.255 e. The molecule has 0 radical (unpaired) electrons. The standard InChI is InChI=1S/C19H21N3O3/c20-11-13-25-17-9-5-15(6-10-17)21-19(24)14-3-7-16(8-4-14)22-12-1-2-18(22)23/h3-10H,1-2,11-13,20H2,(H,21,24). The molecule has 3 rings (SSSR count). The van der Waals surface area contributed by atoms with Crippen molar-refractivity contribution in [2.24, 2.45) is 5.73 Å². The zero-order valence-electron chi connectivity index (χ0n) is 13.9. The summed E-state index contributed by atoms with van der Waals surface area (Å²) in [6.07, 6.45) is 1.47. The number of hydrogen-bond acceptors (Lipinski definition) is 4. The van der Waals surface area contributed by atoms with Crippen molar-refractivity contribution in [3.8, 4) is 5.75 Å². The fraction of sp³-hybridized carbons (Fsp3) is 0.263. The Morgan fingerprint density at radius 3 is 2.44 bits per heavy atom. The average molecular weight is 339 g/mol. The van der Waals surface area contributed by atoms with Crippen LogP contribution in [-0.4, -0.2) is 31.5 Å². The van der Waals surface area contributed by atoms with Crippen molar-refractivity contribution in [3.05, 3.63) is 54.1 Å². The van der Waals surface area contributed by atoms with Crippen molar-refractivity contribution < 1.29 is 14.3 Å². The van der Waals surface area contributed by atoms with Crippen LogP contribution in [0.25, 0.3) is 0 Å². The summed E-state index contributed by atoms with van der Waals surface area (Å²) in [5, 5.41) is 2.84. The summed E-state index contributed by atoms with van der Waals surface area (Å²) >= 11 is 0. The van der Waals surface area contributed by atoms with E-state index in [1.807, 2.05) is 12.1 Å². The van der Waals surface area contributed by atoms with Crippen molar-refractivity contribution >= 4 is 23.2 Å². The van der Waals surface area contributed by atoms with Gasteiger partial charge in [0.2, 0.25) is 5.91 Å². The van der Waals surface area contributed by atoms with Crippen LogP contribution in [0.3, 0.4) is 0 Å². The molecule has 0 aromatic heterocycles. The van der Waals surface area contributed by atoms with Gasteiger partial charge in [-0.25, -0.2) is 0 Å². The predicted molar refractivity (Wildman–Crippen MR) is 97.0 cm³/mol. The molecule has 2 amide bonds. The van der Waals surface area contributed by atoms with Gasteiger partial charge in [0.25, 0.3) is 5.91 Å². The number of rotatable bonds is 6. The first kappa shape index (κ1) is 17.0. The molecule has 1 aliphatic heterocycles. The van der Waals surface area contributed by atoms with E-state index in [1.54, 1.807) is 41.3 Å². The van der Waals surface area contributed by atoms with Crippen LogP contribution in [0.2, 0.25) is 0 Å². The number of anilines is 2. The van der Waals surface area contributed by atoms with E-state index in [0.29, 0.717) is 36.6 Å². The predicted octanol–water partition coefficient (Wildman–Crippen LogP) is 2.40. The summed E-state index contributed by atoms with van der Waals surface area (Å²) < 4.78 is 5.40. The first-order valence-corrected chi connectivity index (χ1v) is 8.32. The Balaban J connectivity index is 1.62. The highest BCUT2D eigenvalue weighted by atomic mass is 16.5. The first-order chi connectivity index (χ1) is 12.2. The average Bonchev–Trinajstić information content (AvgIpc) is 3.07. The third kappa shape index (κ3) is 4.16. The molecular weight excluding hydrogens is 318 g/mol. The van der Waals surface area contributed by atoms with Crippen LogP contribution in [0, 0.1) is 0 Å². The number of carbonyl (C=O) groups excluding carboxylic acids is 2. The maximum Gasteiger partial charge on any atom is 0.255 e. The van der Waals surface area contributed by atoms with E-state index in [1.165, 1.54) is 0 Å². The normalized spacial score (nSPS) is 13.8. The molecule has 1 aliphatic rings.